The van der Waals surface area contributed by atoms with E-state index in [0.717, 1.165) is 22.7 Å². The van der Waals surface area contributed by atoms with Gasteiger partial charge in [0, 0.05) is 17.3 Å². The molecule has 0 aliphatic rings. The number of thiocarbonyl (C=S) groups is 1. The highest BCUT2D eigenvalue weighted by Crippen LogP contribution is 2.16. The third kappa shape index (κ3) is 4.46. The molecule has 0 aliphatic carbocycles. The van der Waals surface area contributed by atoms with Crippen LogP contribution < -0.4 is 20.2 Å². The van der Waals surface area contributed by atoms with Gasteiger partial charge in [-0.2, -0.15) is 5.10 Å². The number of nitrogens with one attached hydrogen (secondary N) is 2. The SMILES string of the molecule is COc1cccc(NC(=S)NN=Cc2ccccc2OC)c1. The topological polar surface area (TPSA) is 54.9 Å². The van der Waals surface area contributed by atoms with Gasteiger partial charge in [-0.1, -0.05) is 18.2 Å². The van der Waals surface area contributed by atoms with Gasteiger partial charge in [0.25, 0.3) is 0 Å². The minimum Gasteiger partial charge on any atom is -0.497 e. The molecule has 2 aromatic carbocycles. The average molecular weight is 315 g/mol. The number of anilines is 1. The molecule has 2 aromatic rings. The van der Waals surface area contributed by atoms with Crippen molar-refractivity contribution in [2.45, 2.75) is 0 Å². The van der Waals surface area contributed by atoms with E-state index < -0.39 is 0 Å². The van der Waals surface area contributed by atoms with Crippen LogP contribution in [0.1, 0.15) is 5.56 Å². The number of hydrogen-bond acceptors (Lipinski definition) is 4. The Kier molecular flexibility index (Phi) is 5.73. The first-order valence-electron chi connectivity index (χ1n) is 6.60. The Labute approximate surface area is 134 Å². The van der Waals surface area contributed by atoms with Crippen molar-refractivity contribution in [3.63, 3.8) is 0 Å². The number of hydrogen-bond donors (Lipinski definition) is 2. The monoisotopic (exact) mass is 315 g/mol. The molecule has 0 unspecified atom stereocenters. The minimum atomic E-state index is 0.388. The zero-order valence-corrected chi connectivity index (χ0v) is 13.2. The summed E-state index contributed by atoms with van der Waals surface area (Å²) >= 11 is 5.18. The Bertz CT molecular complexity index is 674. The fourth-order valence-corrected chi connectivity index (χ4v) is 1.96. The molecule has 0 spiro atoms. The van der Waals surface area contributed by atoms with Gasteiger partial charge in [0.05, 0.1) is 20.4 Å². The van der Waals surface area contributed by atoms with E-state index in [1.807, 2.05) is 48.5 Å². The van der Waals surface area contributed by atoms with Crippen molar-refractivity contribution < 1.29 is 9.47 Å². The van der Waals surface area contributed by atoms with Gasteiger partial charge in [0.2, 0.25) is 0 Å². The predicted molar refractivity (Wildman–Crippen MR) is 92.9 cm³/mol. The van der Waals surface area contributed by atoms with Crippen LogP contribution in [0.15, 0.2) is 53.6 Å². The fraction of sp³-hybridized carbons (Fsp3) is 0.125. The van der Waals surface area contributed by atoms with Gasteiger partial charge in [-0.15, -0.1) is 0 Å². The van der Waals surface area contributed by atoms with E-state index in [2.05, 4.69) is 15.8 Å². The maximum atomic E-state index is 5.24. The molecule has 0 amide bonds. The summed E-state index contributed by atoms with van der Waals surface area (Å²) in [4.78, 5) is 0. The van der Waals surface area contributed by atoms with Crippen LogP contribution >= 0.6 is 12.2 Å². The second-order valence-electron chi connectivity index (χ2n) is 4.30. The van der Waals surface area contributed by atoms with Crippen molar-refractivity contribution in [1.29, 1.82) is 0 Å². The Morgan fingerprint density at radius 3 is 2.68 bits per heavy atom. The highest BCUT2D eigenvalue weighted by molar-refractivity contribution is 7.80. The number of rotatable bonds is 5. The average Bonchev–Trinajstić information content (AvgIpc) is 2.55. The lowest BCUT2D eigenvalue weighted by atomic mass is 10.2. The largest absolute Gasteiger partial charge is 0.497 e. The van der Waals surface area contributed by atoms with Gasteiger partial charge in [-0.25, -0.2) is 0 Å². The molecule has 5 nitrogen and oxygen atoms in total. The van der Waals surface area contributed by atoms with Crippen molar-refractivity contribution in [3.8, 4) is 11.5 Å². The summed E-state index contributed by atoms with van der Waals surface area (Å²) in [5.74, 6) is 1.50. The summed E-state index contributed by atoms with van der Waals surface area (Å²) in [6.07, 6.45) is 1.65. The fourth-order valence-electron chi connectivity index (χ4n) is 1.79. The smallest absolute Gasteiger partial charge is 0.191 e. The molecule has 22 heavy (non-hydrogen) atoms. The lowest BCUT2D eigenvalue weighted by Crippen LogP contribution is -2.23. The zero-order chi connectivity index (χ0) is 15.8. The van der Waals surface area contributed by atoms with Crippen molar-refractivity contribution >= 4 is 29.2 Å². The molecule has 0 aromatic heterocycles. The molecule has 0 fully saturated rings. The molecule has 0 saturated heterocycles. The molecule has 0 aliphatic heterocycles. The molecule has 0 heterocycles. The molecule has 0 radical (unpaired) electrons. The zero-order valence-electron chi connectivity index (χ0n) is 12.4. The molecule has 0 saturated carbocycles. The van der Waals surface area contributed by atoms with Crippen LogP contribution in [0.5, 0.6) is 11.5 Å². The normalized spacial score (nSPS) is 10.3. The third-order valence-electron chi connectivity index (χ3n) is 2.84. The molecule has 2 N–H and O–H groups in total. The lowest BCUT2D eigenvalue weighted by molar-refractivity contribution is 0.414. The molecule has 0 atom stereocenters. The first-order chi connectivity index (χ1) is 10.7. The van der Waals surface area contributed by atoms with Crippen molar-refractivity contribution in [1.82, 2.24) is 5.43 Å². The van der Waals surface area contributed by atoms with E-state index in [1.165, 1.54) is 0 Å². The Morgan fingerprint density at radius 1 is 1.09 bits per heavy atom. The van der Waals surface area contributed by atoms with Crippen LogP contribution in [0.3, 0.4) is 0 Å². The number of hydrazone groups is 1. The molecular weight excluding hydrogens is 298 g/mol. The first kappa shape index (κ1) is 15.8. The molecule has 2 rings (SSSR count). The minimum absolute atomic E-state index is 0.388. The maximum absolute atomic E-state index is 5.24. The second kappa shape index (κ2) is 7.99. The molecule has 0 bridgehead atoms. The second-order valence-corrected chi connectivity index (χ2v) is 4.71. The molecule has 6 heteroatoms. The third-order valence-corrected chi connectivity index (χ3v) is 3.03. The van der Waals surface area contributed by atoms with Gasteiger partial charge in [-0.3, -0.25) is 5.43 Å². The molecular formula is C16H17N3O2S. The first-order valence-corrected chi connectivity index (χ1v) is 7.01. The summed E-state index contributed by atoms with van der Waals surface area (Å²) in [7, 11) is 3.24. The highest BCUT2D eigenvalue weighted by atomic mass is 32.1. The summed E-state index contributed by atoms with van der Waals surface area (Å²) in [6.45, 7) is 0. The van der Waals surface area contributed by atoms with Crippen LogP contribution in [0.25, 0.3) is 0 Å². The van der Waals surface area contributed by atoms with Gasteiger partial charge in [0.1, 0.15) is 11.5 Å². The van der Waals surface area contributed by atoms with Crippen LogP contribution in [0.4, 0.5) is 5.69 Å². The van der Waals surface area contributed by atoms with E-state index in [0.29, 0.717) is 5.11 Å². The number of methoxy groups -OCH3 is 2. The maximum Gasteiger partial charge on any atom is 0.191 e. The van der Waals surface area contributed by atoms with Gasteiger partial charge in [-0.05, 0) is 36.5 Å². The van der Waals surface area contributed by atoms with E-state index >= 15 is 0 Å². The van der Waals surface area contributed by atoms with Gasteiger partial charge in [0.15, 0.2) is 5.11 Å². The number of para-hydroxylation sites is 1. The lowest BCUT2D eigenvalue weighted by Gasteiger charge is -2.08. The van der Waals surface area contributed by atoms with Crippen LogP contribution in [-0.4, -0.2) is 25.5 Å². The summed E-state index contributed by atoms with van der Waals surface area (Å²) in [5.41, 5.74) is 4.45. The van der Waals surface area contributed by atoms with Crippen molar-refractivity contribution in [3.05, 3.63) is 54.1 Å². The quantitative estimate of drug-likeness (QED) is 0.505. The van der Waals surface area contributed by atoms with E-state index in [4.69, 9.17) is 21.7 Å². The number of nitrogens with zero attached hydrogens (tertiary/aromatic N) is 1. The van der Waals surface area contributed by atoms with Crippen LogP contribution in [0.2, 0.25) is 0 Å². The van der Waals surface area contributed by atoms with Crippen molar-refractivity contribution in [2.24, 2.45) is 5.10 Å². The Balaban J connectivity index is 1.93. The van der Waals surface area contributed by atoms with Gasteiger partial charge < -0.3 is 14.8 Å². The summed E-state index contributed by atoms with van der Waals surface area (Å²) < 4.78 is 10.4. The number of benzene rings is 2. The van der Waals surface area contributed by atoms with Crippen LogP contribution in [0, 0.1) is 0 Å². The Hall–Kier alpha value is -2.60. The molecule has 114 valence electrons. The summed E-state index contributed by atoms with van der Waals surface area (Å²) in [6, 6.07) is 15.1. The Morgan fingerprint density at radius 2 is 1.91 bits per heavy atom. The van der Waals surface area contributed by atoms with Crippen molar-refractivity contribution in [2.75, 3.05) is 19.5 Å². The van der Waals surface area contributed by atoms with Crippen LogP contribution in [-0.2, 0) is 0 Å². The number of ether oxygens (including phenoxy) is 2. The van der Waals surface area contributed by atoms with E-state index in [1.54, 1.807) is 20.4 Å². The summed E-state index contributed by atoms with van der Waals surface area (Å²) in [5, 5.41) is 7.51. The standard InChI is InChI=1S/C16H17N3O2S/c1-20-14-8-5-7-13(10-14)18-16(22)19-17-11-12-6-3-4-9-15(12)21-2/h3-11H,1-2H3,(H2,18,19,22). The van der Waals surface area contributed by atoms with Gasteiger partial charge >= 0.3 is 0 Å². The highest BCUT2D eigenvalue weighted by Gasteiger charge is 1.99. The van der Waals surface area contributed by atoms with E-state index in [9.17, 15) is 0 Å². The predicted octanol–water partition coefficient (Wildman–Crippen LogP) is 3.02. The van der Waals surface area contributed by atoms with E-state index in [-0.39, 0.29) is 0 Å².